The lowest BCUT2D eigenvalue weighted by molar-refractivity contribution is 0.327. The van der Waals surface area contributed by atoms with Crippen LogP contribution in [-0.2, 0) is 6.54 Å². The summed E-state index contributed by atoms with van der Waals surface area (Å²) in [5, 5.41) is 9.19. The van der Waals surface area contributed by atoms with Crippen molar-refractivity contribution in [2.45, 2.75) is 19.4 Å². The summed E-state index contributed by atoms with van der Waals surface area (Å²) in [5.41, 5.74) is 5.28. The molecule has 3 nitrogen and oxygen atoms in total. The SMILES string of the molecule is CN(CCCC(=N)N)Cc1cccs1. The van der Waals surface area contributed by atoms with Crippen molar-refractivity contribution in [1.82, 2.24) is 4.90 Å². The number of amidine groups is 1. The Balaban J connectivity index is 2.16. The summed E-state index contributed by atoms with van der Waals surface area (Å²) < 4.78 is 0. The van der Waals surface area contributed by atoms with Gasteiger partial charge in [-0.3, -0.25) is 5.41 Å². The van der Waals surface area contributed by atoms with Gasteiger partial charge in [-0.25, -0.2) is 0 Å². The van der Waals surface area contributed by atoms with Gasteiger partial charge in [0.1, 0.15) is 0 Å². The maximum Gasteiger partial charge on any atom is 0.0905 e. The van der Waals surface area contributed by atoms with Crippen LogP contribution in [0.25, 0.3) is 0 Å². The second kappa shape index (κ2) is 5.78. The zero-order valence-corrected chi connectivity index (χ0v) is 9.31. The van der Waals surface area contributed by atoms with E-state index >= 15 is 0 Å². The first-order valence-corrected chi connectivity index (χ1v) is 5.60. The molecule has 1 rings (SSSR count). The van der Waals surface area contributed by atoms with E-state index in [4.69, 9.17) is 11.1 Å². The van der Waals surface area contributed by atoms with Crippen molar-refractivity contribution < 1.29 is 0 Å². The van der Waals surface area contributed by atoms with Crippen LogP contribution in [0.5, 0.6) is 0 Å². The lowest BCUT2D eigenvalue weighted by Gasteiger charge is -2.14. The van der Waals surface area contributed by atoms with Crippen LogP contribution in [0.2, 0.25) is 0 Å². The maximum absolute atomic E-state index is 7.10. The Labute approximate surface area is 89.0 Å². The molecule has 0 aliphatic carbocycles. The topological polar surface area (TPSA) is 53.1 Å². The molecule has 0 unspecified atom stereocenters. The van der Waals surface area contributed by atoms with Crippen molar-refractivity contribution in [3.8, 4) is 0 Å². The minimum absolute atomic E-state index is 0.287. The molecule has 0 aliphatic heterocycles. The molecule has 4 heteroatoms. The number of hydrogen-bond donors (Lipinski definition) is 2. The molecule has 0 spiro atoms. The van der Waals surface area contributed by atoms with Gasteiger partial charge in [0.2, 0.25) is 0 Å². The van der Waals surface area contributed by atoms with E-state index in [0.29, 0.717) is 6.42 Å². The van der Waals surface area contributed by atoms with Gasteiger partial charge in [0, 0.05) is 17.8 Å². The van der Waals surface area contributed by atoms with Gasteiger partial charge >= 0.3 is 0 Å². The van der Waals surface area contributed by atoms with Crippen molar-refractivity contribution in [2.75, 3.05) is 13.6 Å². The van der Waals surface area contributed by atoms with Crippen LogP contribution in [0.1, 0.15) is 17.7 Å². The fraction of sp³-hybridized carbons (Fsp3) is 0.500. The third kappa shape index (κ3) is 4.39. The van der Waals surface area contributed by atoms with E-state index in [-0.39, 0.29) is 5.84 Å². The average Bonchev–Trinajstić information content (AvgIpc) is 2.56. The predicted molar refractivity (Wildman–Crippen MR) is 61.8 cm³/mol. The summed E-state index contributed by atoms with van der Waals surface area (Å²) >= 11 is 1.78. The van der Waals surface area contributed by atoms with Crippen LogP contribution in [0.15, 0.2) is 17.5 Å². The Morgan fingerprint density at radius 1 is 1.64 bits per heavy atom. The van der Waals surface area contributed by atoms with Gasteiger partial charge in [-0.2, -0.15) is 0 Å². The summed E-state index contributed by atoms with van der Waals surface area (Å²) in [5.74, 6) is 0.287. The third-order valence-electron chi connectivity index (χ3n) is 1.99. The van der Waals surface area contributed by atoms with Gasteiger partial charge in [0.25, 0.3) is 0 Å². The van der Waals surface area contributed by atoms with Gasteiger partial charge < -0.3 is 10.6 Å². The van der Waals surface area contributed by atoms with E-state index in [2.05, 4.69) is 29.5 Å². The van der Waals surface area contributed by atoms with Crippen molar-refractivity contribution >= 4 is 17.2 Å². The van der Waals surface area contributed by atoms with Gasteiger partial charge in [0.05, 0.1) is 5.84 Å². The number of thiophene rings is 1. The van der Waals surface area contributed by atoms with Crippen LogP contribution < -0.4 is 5.73 Å². The molecule has 1 heterocycles. The Hall–Kier alpha value is -0.870. The molecular formula is C10H17N3S. The monoisotopic (exact) mass is 211 g/mol. The third-order valence-corrected chi connectivity index (χ3v) is 2.85. The summed E-state index contributed by atoms with van der Waals surface area (Å²) in [6.45, 7) is 1.99. The van der Waals surface area contributed by atoms with Gasteiger partial charge in [-0.05, 0) is 31.5 Å². The molecular weight excluding hydrogens is 194 g/mol. The quantitative estimate of drug-likeness (QED) is 0.558. The van der Waals surface area contributed by atoms with E-state index in [1.165, 1.54) is 4.88 Å². The highest BCUT2D eigenvalue weighted by atomic mass is 32.1. The second-order valence-electron chi connectivity index (χ2n) is 3.45. The Kier molecular flexibility index (Phi) is 4.62. The molecule has 3 N–H and O–H groups in total. The van der Waals surface area contributed by atoms with E-state index in [0.717, 1.165) is 19.5 Å². The van der Waals surface area contributed by atoms with Crippen molar-refractivity contribution in [1.29, 1.82) is 5.41 Å². The van der Waals surface area contributed by atoms with Crippen molar-refractivity contribution in [3.63, 3.8) is 0 Å². The Morgan fingerprint density at radius 2 is 2.43 bits per heavy atom. The first kappa shape index (κ1) is 11.2. The highest BCUT2D eigenvalue weighted by molar-refractivity contribution is 7.09. The van der Waals surface area contributed by atoms with Gasteiger partial charge in [-0.15, -0.1) is 11.3 Å². The molecule has 1 aromatic rings. The predicted octanol–water partition coefficient (Wildman–Crippen LogP) is 1.90. The number of hydrogen-bond acceptors (Lipinski definition) is 3. The summed E-state index contributed by atoms with van der Waals surface area (Å²) in [6.07, 6.45) is 1.67. The number of nitrogens with zero attached hydrogens (tertiary/aromatic N) is 1. The Morgan fingerprint density at radius 3 is 3.00 bits per heavy atom. The standard InChI is InChI=1S/C10H17N3S/c1-13(6-2-5-10(11)12)8-9-4-3-7-14-9/h3-4,7H,2,5-6,8H2,1H3,(H3,11,12). The molecule has 0 amide bonds. The molecule has 0 aliphatic rings. The van der Waals surface area contributed by atoms with Gasteiger partial charge in [-0.1, -0.05) is 6.07 Å². The summed E-state index contributed by atoms with van der Waals surface area (Å²) in [6, 6.07) is 4.22. The summed E-state index contributed by atoms with van der Waals surface area (Å²) in [7, 11) is 2.10. The highest BCUT2D eigenvalue weighted by Gasteiger charge is 2.00. The van der Waals surface area contributed by atoms with Crippen LogP contribution in [0.3, 0.4) is 0 Å². The molecule has 0 aromatic carbocycles. The van der Waals surface area contributed by atoms with Crippen LogP contribution in [0, 0.1) is 5.41 Å². The van der Waals surface area contributed by atoms with Crippen LogP contribution in [-0.4, -0.2) is 24.3 Å². The molecule has 0 radical (unpaired) electrons. The molecule has 1 aromatic heterocycles. The number of rotatable bonds is 6. The van der Waals surface area contributed by atoms with E-state index in [1.807, 2.05) is 0 Å². The first-order valence-electron chi connectivity index (χ1n) is 4.72. The molecule has 0 fully saturated rings. The molecule has 0 bridgehead atoms. The van der Waals surface area contributed by atoms with Crippen molar-refractivity contribution in [2.24, 2.45) is 5.73 Å². The maximum atomic E-state index is 7.10. The Bertz CT molecular complexity index is 269. The second-order valence-corrected chi connectivity index (χ2v) is 4.48. The smallest absolute Gasteiger partial charge is 0.0905 e. The van der Waals surface area contributed by atoms with E-state index in [1.54, 1.807) is 11.3 Å². The first-order chi connectivity index (χ1) is 6.68. The zero-order chi connectivity index (χ0) is 10.4. The van der Waals surface area contributed by atoms with Crippen LogP contribution in [0.4, 0.5) is 0 Å². The molecule has 0 atom stereocenters. The fourth-order valence-corrected chi connectivity index (χ4v) is 2.07. The minimum atomic E-state index is 0.287. The largest absolute Gasteiger partial charge is 0.388 e. The molecule has 0 saturated heterocycles. The lowest BCUT2D eigenvalue weighted by Crippen LogP contribution is -2.20. The molecule has 78 valence electrons. The highest BCUT2D eigenvalue weighted by Crippen LogP contribution is 2.10. The normalized spacial score (nSPS) is 10.7. The van der Waals surface area contributed by atoms with E-state index in [9.17, 15) is 0 Å². The van der Waals surface area contributed by atoms with E-state index < -0.39 is 0 Å². The lowest BCUT2D eigenvalue weighted by atomic mass is 10.3. The summed E-state index contributed by atoms with van der Waals surface area (Å²) in [4.78, 5) is 3.64. The molecule has 14 heavy (non-hydrogen) atoms. The minimum Gasteiger partial charge on any atom is -0.388 e. The average molecular weight is 211 g/mol. The fourth-order valence-electron chi connectivity index (χ4n) is 1.29. The number of nitrogens with two attached hydrogens (primary N) is 1. The van der Waals surface area contributed by atoms with Crippen molar-refractivity contribution in [3.05, 3.63) is 22.4 Å². The zero-order valence-electron chi connectivity index (χ0n) is 8.49. The molecule has 0 saturated carbocycles. The van der Waals surface area contributed by atoms with Crippen LogP contribution >= 0.6 is 11.3 Å². The number of nitrogens with one attached hydrogen (secondary N) is 1. The van der Waals surface area contributed by atoms with Gasteiger partial charge in [0.15, 0.2) is 0 Å².